The Bertz CT molecular complexity index is 616. The Labute approximate surface area is 111 Å². The summed E-state index contributed by atoms with van der Waals surface area (Å²) in [7, 11) is 0. The number of aryl methyl sites for hydroxylation is 1. The number of aromatic nitrogens is 3. The van der Waals surface area contributed by atoms with Crippen LogP contribution in [0.5, 0.6) is 0 Å². The number of hydrogen-bond acceptors (Lipinski definition) is 4. The van der Waals surface area contributed by atoms with Gasteiger partial charge in [-0.15, -0.1) is 5.10 Å². The number of nitrogens with zero attached hydrogens (tertiary/aromatic N) is 3. The zero-order chi connectivity index (χ0) is 13.1. The van der Waals surface area contributed by atoms with Crippen molar-refractivity contribution in [1.82, 2.24) is 20.3 Å². The van der Waals surface area contributed by atoms with Gasteiger partial charge in [-0.2, -0.15) is 0 Å². The number of fused-ring (bicyclic) bond motifs is 1. The molecule has 1 atom stereocenters. The summed E-state index contributed by atoms with van der Waals surface area (Å²) in [5.74, 6) is 0. The normalized spacial score (nSPS) is 19.1. The highest BCUT2D eigenvalue weighted by Gasteiger charge is 2.13. The predicted octanol–water partition coefficient (Wildman–Crippen LogP) is 1.32. The second-order valence-electron chi connectivity index (χ2n) is 5.07. The molecular formula is C14H18N4O. The molecule has 1 unspecified atom stereocenters. The minimum absolute atomic E-state index is 0.0371. The first-order valence-electron chi connectivity index (χ1n) is 6.90. The highest BCUT2D eigenvalue weighted by Crippen LogP contribution is 2.11. The third kappa shape index (κ3) is 2.66. The van der Waals surface area contributed by atoms with Crippen LogP contribution in [0.4, 0.5) is 0 Å². The molecule has 1 aliphatic heterocycles. The molecule has 0 saturated carbocycles. The van der Waals surface area contributed by atoms with Crippen LogP contribution in [0.3, 0.4) is 0 Å². The zero-order valence-electron chi connectivity index (χ0n) is 10.9. The van der Waals surface area contributed by atoms with Crippen LogP contribution >= 0.6 is 0 Å². The van der Waals surface area contributed by atoms with Crippen LogP contribution in [0.2, 0.25) is 0 Å². The van der Waals surface area contributed by atoms with Gasteiger partial charge in [0.25, 0.3) is 5.56 Å². The molecule has 1 saturated heterocycles. The van der Waals surface area contributed by atoms with Gasteiger partial charge in [0.2, 0.25) is 0 Å². The van der Waals surface area contributed by atoms with E-state index in [0.29, 0.717) is 23.5 Å². The topological polar surface area (TPSA) is 59.8 Å². The van der Waals surface area contributed by atoms with E-state index in [1.165, 1.54) is 17.5 Å². The van der Waals surface area contributed by atoms with Crippen LogP contribution < -0.4 is 10.9 Å². The van der Waals surface area contributed by atoms with Crippen molar-refractivity contribution in [2.45, 2.75) is 38.3 Å². The first kappa shape index (κ1) is 12.3. The largest absolute Gasteiger partial charge is 0.314 e. The molecule has 2 heterocycles. The lowest BCUT2D eigenvalue weighted by Crippen LogP contribution is -2.26. The summed E-state index contributed by atoms with van der Waals surface area (Å²) in [4.78, 5) is 12.2. The Balaban J connectivity index is 1.70. The predicted molar refractivity (Wildman–Crippen MR) is 74.1 cm³/mol. The third-order valence-electron chi connectivity index (χ3n) is 3.71. The molecule has 0 amide bonds. The lowest BCUT2D eigenvalue weighted by atomic mass is 10.1. The Morgan fingerprint density at radius 1 is 1.37 bits per heavy atom. The maximum Gasteiger partial charge on any atom is 0.277 e. The Morgan fingerprint density at radius 3 is 3.11 bits per heavy atom. The molecule has 3 rings (SSSR count). The summed E-state index contributed by atoms with van der Waals surface area (Å²) in [5, 5.41) is 12.2. The van der Waals surface area contributed by atoms with Gasteiger partial charge in [-0.25, -0.2) is 4.68 Å². The van der Waals surface area contributed by atoms with Crippen molar-refractivity contribution in [2.24, 2.45) is 0 Å². The van der Waals surface area contributed by atoms with Crippen LogP contribution in [0.1, 0.15) is 25.7 Å². The van der Waals surface area contributed by atoms with E-state index in [1.807, 2.05) is 18.2 Å². The second-order valence-corrected chi connectivity index (χ2v) is 5.07. The van der Waals surface area contributed by atoms with Crippen molar-refractivity contribution in [3.05, 3.63) is 34.6 Å². The smallest absolute Gasteiger partial charge is 0.277 e. The molecule has 1 aliphatic rings. The molecule has 1 fully saturated rings. The molecule has 0 aliphatic carbocycles. The average molecular weight is 258 g/mol. The second kappa shape index (κ2) is 5.48. The van der Waals surface area contributed by atoms with E-state index in [4.69, 9.17) is 0 Å². The molecule has 1 aromatic heterocycles. The molecule has 0 radical (unpaired) electrons. The monoisotopic (exact) mass is 258 g/mol. The van der Waals surface area contributed by atoms with Gasteiger partial charge in [0.1, 0.15) is 5.52 Å². The summed E-state index contributed by atoms with van der Waals surface area (Å²) >= 11 is 0. The Kier molecular flexibility index (Phi) is 3.55. The van der Waals surface area contributed by atoms with Crippen LogP contribution in [0.25, 0.3) is 10.9 Å². The van der Waals surface area contributed by atoms with E-state index in [1.54, 1.807) is 6.07 Å². The van der Waals surface area contributed by atoms with E-state index in [-0.39, 0.29) is 5.56 Å². The molecule has 5 heteroatoms. The molecule has 1 aromatic carbocycles. The van der Waals surface area contributed by atoms with E-state index in [9.17, 15) is 4.79 Å². The van der Waals surface area contributed by atoms with Crippen molar-refractivity contribution in [3.8, 4) is 0 Å². The van der Waals surface area contributed by atoms with Gasteiger partial charge in [0, 0.05) is 12.6 Å². The summed E-state index contributed by atoms with van der Waals surface area (Å²) < 4.78 is 1.48. The average Bonchev–Trinajstić information content (AvgIpc) is 2.95. The molecule has 0 bridgehead atoms. The van der Waals surface area contributed by atoms with E-state index < -0.39 is 0 Å². The van der Waals surface area contributed by atoms with E-state index in [2.05, 4.69) is 15.6 Å². The Hall–Kier alpha value is -1.75. The fourth-order valence-corrected chi connectivity index (χ4v) is 2.66. The van der Waals surface area contributed by atoms with Gasteiger partial charge in [-0.1, -0.05) is 17.3 Å². The summed E-state index contributed by atoms with van der Waals surface area (Å²) in [6.45, 7) is 1.77. The molecule has 2 aromatic rings. The lowest BCUT2D eigenvalue weighted by molar-refractivity contribution is 0.463. The number of nitrogens with one attached hydrogen (secondary N) is 1. The van der Waals surface area contributed by atoms with Crippen LogP contribution in [-0.2, 0) is 6.54 Å². The molecule has 19 heavy (non-hydrogen) atoms. The lowest BCUT2D eigenvalue weighted by Gasteiger charge is -2.09. The first-order valence-corrected chi connectivity index (χ1v) is 6.90. The van der Waals surface area contributed by atoms with Gasteiger partial charge < -0.3 is 5.32 Å². The fourth-order valence-electron chi connectivity index (χ4n) is 2.66. The SMILES string of the molecule is O=c1c2ccccc2nnn1CCCC1CCCN1. The zero-order valence-corrected chi connectivity index (χ0v) is 10.9. The maximum absolute atomic E-state index is 12.2. The number of hydrogen-bond donors (Lipinski definition) is 1. The minimum atomic E-state index is -0.0371. The van der Waals surface area contributed by atoms with E-state index in [0.717, 1.165) is 19.4 Å². The van der Waals surface area contributed by atoms with Gasteiger partial charge in [-0.3, -0.25) is 4.79 Å². The summed E-state index contributed by atoms with van der Waals surface area (Å²) in [6, 6.07) is 7.96. The number of rotatable bonds is 4. The number of benzene rings is 1. The quantitative estimate of drug-likeness (QED) is 0.898. The van der Waals surface area contributed by atoms with E-state index >= 15 is 0 Å². The summed E-state index contributed by atoms with van der Waals surface area (Å²) in [5.41, 5.74) is 0.631. The van der Waals surface area contributed by atoms with Crippen molar-refractivity contribution in [3.63, 3.8) is 0 Å². The molecule has 1 N–H and O–H groups in total. The molecule has 0 spiro atoms. The standard InChI is InChI=1S/C14H18N4O/c19-14-12-7-1-2-8-13(12)16-17-18(14)10-4-6-11-5-3-9-15-11/h1-2,7-8,11,15H,3-6,9-10H2. The molecular weight excluding hydrogens is 240 g/mol. The Morgan fingerprint density at radius 2 is 2.26 bits per heavy atom. The van der Waals surface area contributed by atoms with Crippen molar-refractivity contribution in [2.75, 3.05) is 6.54 Å². The van der Waals surface area contributed by atoms with Crippen molar-refractivity contribution < 1.29 is 0 Å². The van der Waals surface area contributed by atoms with Crippen LogP contribution in [0.15, 0.2) is 29.1 Å². The summed E-state index contributed by atoms with van der Waals surface area (Å²) in [6.07, 6.45) is 4.57. The van der Waals surface area contributed by atoms with Crippen molar-refractivity contribution >= 4 is 10.9 Å². The van der Waals surface area contributed by atoms with Gasteiger partial charge in [0.15, 0.2) is 0 Å². The van der Waals surface area contributed by atoms with Gasteiger partial charge >= 0.3 is 0 Å². The van der Waals surface area contributed by atoms with Crippen molar-refractivity contribution in [1.29, 1.82) is 0 Å². The molecule has 100 valence electrons. The maximum atomic E-state index is 12.2. The fraction of sp³-hybridized carbons (Fsp3) is 0.500. The van der Waals surface area contributed by atoms with Gasteiger partial charge in [-0.05, 0) is 44.4 Å². The highest BCUT2D eigenvalue weighted by molar-refractivity contribution is 5.76. The highest BCUT2D eigenvalue weighted by atomic mass is 16.1. The van der Waals surface area contributed by atoms with Crippen LogP contribution in [-0.4, -0.2) is 27.6 Å². The third-order valence-corrected chi connectivity index (χ3v) is 3.71. The first-order chi connectivity index (χ1) is 9.34. The van der Waals surface area contributed by atoms with Gasteiger partial charge in [0.05, 0.1) is 5.39 Å². The minimum Gasteiger partial charge on any atom is -0.314 e. The molecule has 5 nitrogen and oxygen atoms in total. The van der Waals surface area contributed by atoms with Crippen LogP contribution in [0, 0.1) is 0 Å².